The number of hydrogen-bond acceptors (Lipinski definition) is 5. The fourth-order valence-corrected chi connectivity index (χ4v) is 2.18. The van der Waals surface area contributed by atoms with Crippen molar-refractivity contribution in [1.82, 2.24) is 10.6 Å². The van der Waals surface area contributed by atoms with Gasteiger partial charge in [0.15, 0.2) is 18.1 Å². The van der Waals surface area contributed by atoms with Crippen molar-refractivity contribution in [2.75, 3.05) is 20.3 Å². The Morgan fingerprint density at radius 1 is 0.963 bits per heavy atom. The third-order valence-electron chi connectivity index (χ3n) is 3.56. The molecule has 2 aromatic carbocycles. The molecule has 0 saturated heterocycles. The summed E-state index contributed by atoms with van der Waals surface area (Å²) < 4.78 is 10.6. The van der Waals surface area contributed by atoms with Crippen LogP contribution in [0.25, 0.3) is 0 Å². The van der Waals surface area contributed by atoms with Gasteiger partial charge in [-0.2, -0.15) is 0 Å². The first-order chi connectivity index (χ1) is 13.0. The van der Waals surface area contributed by atoms with Crippen molar-refractivity contribution in [2.24, 2.45) is 5.73 Å². The summed E-state index contributed by atoms with van der Waals surface area (Å²) in [5, 5.41) is 5.13. The lowest BCUT2D eigenvalue weighted by Crippen LogP contribution is -2.33. The van der Waals surface area contributed by atoms with E-state index in [1.54, 1.807) is 42.5 Å². The minimum atomic E-state index is -0.613. The van der Waals surface area contributed by atoms with E-state index in [0.717, 1.165) is 5.56 Å². The largest absolute Gasteiger partial charge is 0.493 e. The third kappa shape index (κ3) is 6.35. The molecule has 27 heavy (non-hydrogen) atoms. The number of primary amides is 1. The Labute approximate surface area is 156 Å². The summed E-state index contributed by atoms with van der Waals surface area (Å²) in [5.41, 5.74) is 6.18. The molecule has 0 bridgehead atoms. The highest BCUT2D eigenvalue weighted by atomic mass is 16.5. The Morgan fingerprint density at radius 3 is 2.26 bits per heavy atom. The van der Waals surface area contributed by atoms with E-state index in [1.807, 2.05) is 6.07 Å². The number of carbonyl (C=O) groups is 3. The first-order valence-corrected chi connectivity index (χ1v) is 8.17. The fraction of sp³-hybridized carbons (Fsp3) is 0.211. The number of nitrogens with one attached hydrogen (secondary N) is 2. The molecule has 8 nitrogen and oxygen atoms in total. The van der Waals surface area contributed by atoms with Gasteiger partial charge >= 0.3 is 0 Å². The van der Waals surface area contributed by atoms with E-state index in [2.05, 4.69) is 10.6 Å². The van der Waals surface area contributed by atoms with Gasteiger partial charge in [0.2, 0.25) is 5.91 Å². The van der Waals surface area contributed by atoms with E-state index in [4.69, 9.17) is 15.2 Å². The lowest BCUT2D eigenvalue weighted by molar-refractivity contribution is -0.123. The highest BCUT2D eigenvalue weighted by molar-refractivity contribution is 5.96. The van der Waals surface area contributed by atoms with Gasteiger partial charge in [-0.15, -0.1) is 0 Å². The van der Waals surface area contributed by atoms with Gasteiger partial charge in [0.1, 0.15) is 0 Å². The Bertz CT molecular complexity index is 805. The lowest BCUT2D eigenvalue weighted by atomic mass is 10.1. The Hall–Kier alpha value is -3.55. The van der Waals surface area contributed by atoms with Crippen LogP contribution in [0, 0.1) is 0 Å². The summed E-state index contributed by atoms with van der Waals surface area (Å²) in [6.45, 7) is -0.0753. The fourth-order valence-electron chi connectivity index (χ4n) is 2.18. The predicted octanol–water partition coefficient (Wildman–Crippen LogP) is 0.606. The minimum Gasteiger partial charge on any atom is -0.493 e. The van der Waals surface area contributed by atoms with Crippen molar-refractivity contribution < 1.29 is 23.9 Å². The van der Waals surface area contributed by atoms with Crippen LogP contribution in [0.1, 0.15) is 15.9 Å². The molecule has 8 heteroatoms. The van der Waals surface area contributed by atoms with E-state index in [0.29, 0.717) is 17.1 Å². The van der Waals surface area contributed by atoms with Crippen molar-refractivity contribution in [1.29, 1.82) is 0 Å². The van der Waals surface area contributed by atoms with Crippen molar-refractivity contribution in [3.05, 3.63) is 59.7 Å². The van der Waals surface area contributed by atoms with Gasteiger partial charge < -0.3 is 25.8 Å². The summed E-state index contributed by atoms with van der Waals surface area (Å²) in [6.07, 6.45) is 0. The number of ether oxygens (including phenoxy) is 2. The number of para-hydroxylation sites is 2. The summed E-state index contributed by atoms with van der Waals surface area (Å²) in [7, 11) is 1.53. The number of carbonyl (C=O) groups excluding carboxylic acids is 3. The van der Waals surface area contributed by atoms with Crippen molar-refractivity contribution in [2.45, 2.75) is 6.54 Å². The van der Waals surface area contributed by atoms with E-state index in [1.165, 1.54) is 7.11 Å². The molecule has 0 spiro atoms. The zero-order valence-corrected chi connectivity index (χ0v) is 14.9. The van der Waals surface area contributed by atoms with Gasteiger partial charge in [-0.25, -0.2) is 0 Å². The predicted molar refractivity (Wildman–Crippen MR) is 98.3 cm³/mol. The van der Waals surface area contributed by atoms with Crippen LogP contribution in [-0.2, 0) is 16.1 Å². The molecule has 0 aliphatic rings. The van der Waals surface area contributed by atoms with Gasteiger partial charge in [0, 0.05) is 12.1 Å². The van der Waals surface area contributed by atoms with Gasteiger partial charge in [0.05, 0.1) is 13.7 Å². The number of rotatable bonds is 9. The van der Waals surface area contributed by atoms with Gasteiger partial charge in [-0.1, -0.05) is 24.3 Å². The second kappa shape index (κ2) is 9.81. The van der Waals surface area contributed by atoms with E-state index >= 15 is 0 Å². The molecular formula is C19H21N3O5. The summed E-state index contributed by atoms with van der Waals surface area (Å²) in [5.74, 6) is -0.256. The molecule has 0 aromatic heterocycles. The standard InChI is InChI=1S/C19H21N3O5/c1-26-15-4-2-3-5-16(15)27-12-18(24)21-10-13-6-8-14(9-7-13)19(25)22-11-17(20)23/h2-9H,10-12H2,1H3,(H2,20,23)(H,21,24)(H,22,25). The first kappa shape index (κ1) is 19.8. The second-order valence-electron chi connectivity index (χ2n) is 5.56. The molecular weight excluding hydrogens is 350 g/mol. The van der Waals surface area contributed by atoms with Gasteiger partial charge in [-0.3, -0.25) is 14.4 Å². The van der Waals surface area contributed by atoms with Crippen molar-refractivity contribution in [3.8, 4) is 11.5 Å². The van der Waals surface area contributed by atoms with Crippen LogP contribution in [-0.4, -0.2) is 38.0 Å². The van der Waals surface area contributed by atoms with Crippen LogP contribution in [0.2, 0.25) is 0 Å². The summed E-state index contributed by atoms with van der Waals surface area (Å²) >= 11 is 0. The number of methoxy groups -OCH3 is 1. The maximum absolute atomic E-state index is 11.9. The molecule has 0 saturated carbocycles. The molecule has 2 rings (SSSR count). The zero-order chi connectivity index (χ0) is 19.6. The third-order valence-corrected chi connectivity index (χ3v) is 3.56. The van der Waals surface area contributed by atoms with Gasteiger partial charge in [0.25, 0.3) is 11.8 Å². The smallest absolute Gasteiger partial charge is 0.258 e. The highest BCUT2D eigenvalue weighted by Gasteiger charge is 2.08. The van der Waals surface area contributed by atoms with E-state index in [-0.39, 0.29) is 25.6 Å². The molecule has 0 unspecified atom stereocenters. The van der Waals surface area contributed by atoms with Crippen molar-refractivity contribution in [3.63, 3.8) is 0 Å². The number of nitrogens with two attached hydrogens (primary N) is 1. The molecule has 0 radical (unpaired) electrons. The molecule has 0 fully saturated rings. The zero-order valence-electron chi connectivity index (χ0n) is 14.9. The van der Waals surface area contributed by atoms with Crippen LogP contribution in [0.5, 0.6) is 11.5 Å². The molecule has 0 heterocycles. The van der Waals surface area contributed by atoms with Gasteiger partial charge in [-0.05, 0) is 29.8 Å². The number of hydrogen-bond donors (Lipinski definition) is 3. The molecule has 0 atom stereocenters. The normalized spacial score (nSPS) is 9.96. The van der Waals surface area contributed by atoms with Crippen LogP contribution < -0.4 is 25.8 Å². The first-order valence-electron chi connectivity index (χ1n) is 8.17. The lowest BCUT2D eigenvalue weighted by Gasteiger charge is -2.10. The maximum atomic E-state index is 11.9. The van der Waals surface area contributed by atoms with Crippen LogP contribution in [0.4, 0.5) is 0 Å². The highest BCUT2D eigenvalue weighted by Crippen LogP contribution is 2.25. The van der Waals surface area contributed by atoms with E-state index < -0.39 is 11.8 Å². The molecule has 3 amide bonds. The van der Waals surface area contributed by atoms with Crippen LogP contribution >= 0.6 is 0 Å². The minimum absolute atomic E-state index is 0.145. The summed E-state index contributed by atoms with van der Waals surface area (Å²) in [6, 6.07) is 13.7. The quantitative estimate of drug-likeness (QED) is 0.596. The molecule has 2 aromatic rings. The molecule has 0 aliphatic heterocycles. The van der Waals surface area contributed by atoms with Crippen LogP contribution in [0.15, 0.2) is 48.5 Å². The number of amides is 3. The monoisotopic (exact) mass is 371 g/mol. The van der Waals surface area contributed by atoms with Crippen LogP contribution in [0.3, 0.4) is 0 Å². The maximum Gasteiger partial charge on any atom is 0.258 e. The second-order valence-corrected chi connectivity index (χ2v) is 5.56. The summed E-state index contributed by atoms with van der Waals surface area (Å²) in [4.78, 5) is 34.4. The topological polar surface area (TPSA) is 120 Å². The Balaban J connectivity index is 1.79. The number of benzene rings is 2. The Morgan fingerprint density at radius 2 is 1.63 bits per heavy atom. The van der Waals surface area contributed by atoms with E-state index in [9.17, 15) is 14.4 Å². The SMILES string of the molecule is COc1ccccc1OCC(=O)NCc1ccc(C(=O)NCC(N)=O)cc1. The van der Waals surface area contributed by atoms with Crippen molar-refractivity contribution >= 4 is 17.7 Å². The molecule has 142 valence electrons. The average Bonchev–Trinajstić information content (AvgIpc) is 2.69. The molecule has 0 aliphatic carbocycles. The Kier molecular flexibility index (Phi) is 7.18. The molecule has 4 N–H and O–H groups in total. The average molecular weight is 371 g/mol.